The molecule has 0 fully saturated rings. The van der Waals surface area contributed by atoms with Gasteiger partial charge in [-0.3, -0.25) is 5.41 Å². The normalized spacial score (nSPS) is 10.2. The summed E-state index contributed by atoms with van der Waals surface area (Å²) < 4.78 is 12.0. The van der Waals surface area contributed by atoms with Crippen molar-refractivity contribution in [2.24, 2.45) is 5.73 Å². The molecule has 0 aromatic heterocycles. The van der Waals surface area contributed by atoms with Crippen molar-refractivity contribution in [3.05, 3.63) is 57.6 Å². The minimum absolute atomic E-state index is 0.0199. The van der Waals surface area contributed by atoms with Crippen molar-refractivity contribution in [1.82, 2.24) is 0 Å². The van der Waals surface area contributed by atoms with Crippen molar-refractivity contribution in [1.29, 1.82) is 5.41 Å². The van der Waals surface area contributed by atoms with Crippen molar-refractivity contribution in [2.45, 2.75) is 13.5 Å². The van der Waals surface area contributed by atoms with Crippen LogP contribution >= 0.6 is 15.9 Å². The molecule has 0 bridgehead atoms. The van der Waals surface area contributed by atoms with E-state index in [-0.39, 0.29) is 5.84 Å². The molecule has 0 heterocycles. The summed E-state index contributed by atoms with van der Waals surface area (Å²) in [6.07, 6.45) is 0. The van der Waals surface area contributed by atoms with Gasteiger partial charge in [0, 0.05) is 4.47 Å². The summed E-state index contributed by atoms with van der Waals surface area (Å²) in [7, 11) is 1.56. The minimum atomic E-state index is -0.0199. The van der Waals surface area contributed by atoms with Crippen LogP contribution in [-0.2, 0) is 6.61 Å². The molecule has 0 atom stereocenters. The molecule has 0 spiro atoms. The lowest BCUT2D eigenvalue weighted by Gasteiger charge is -2.12. The number of nitrogens with two attached hydrogens (primary N) is 1. The van der Waals surface area contributed by atoms with Gasteiger partial charge in [-0.25, -0.2) is 0 Å². The molecule has 3 N–H and O–H groups in total. The van der Waals surface area contributed by atoms with E-state index in [0.29, 0.717) is 17.9 Å². The number of nitrogens with one attached hydrogen (secondary N) is 1. The molecule has 0 saturated carbocycles. The molecule has 2 aromatic carbocycles. The second kappa shape index (κ2) is 6.63. The van der Waals surface area contributed by atoms with E-state index in [1.54, 1.807) is 13.2 Å². The fourth-order valence-electron chi connectivity index (χ4n) is 1.99. The van der Waals surface area contributed by atoms with Gasteiger partial charge in [0.15, 0.2) is 0 Å². The van der Waals surface area contributed by atoms with Crippen LogP contribution in [0, 0.1) is 12.3 Å². The number of benzene rings is 2. The second-order valence-corrected chi connectivity index (χ2v) is 5.56. The smallest absolute Gasteiger partial charge is 0.129 e. The highest BCUT2D eigenvalue weighted by Gasteiger charge is 2.08. The minimum Gasteiger partial charge on any atom is -0.496 e. The number of methoxy groups -OCH3 is 1. The summed E-state index contributed by atoms with van der Waals surface area (Å²) in [5.74, 6) is 1.40. The van der Waals surface area contributed by atoms with E-state index in [0.717, 1.165) is 21.3 Å². The monoisotopic (exact) mass is 348 g/mol. The van der Waals surface area contributed by atoms with Gasteiger partial charge in [0.05, 0.1) is 12.7 Å². The molecule has 0 aliphatic carbocycles. The Morgan fingerprint density at radius 1 is 1.19 bits per heavy atom. The number of ether oxygens (including phenoxy) is 2. The summed E-state index contributed by atoms with van der Waals surface area (Å²) >= 11 is 3.43. The molecule has 0 aliphatic heterocycles. The summed E-state index contributed by atoms with van der Waals surface area (Å²) in [5, 5.41) is 7.58. The Bertz CT molecular complexity index is 671. The molecular formula is C16H17BrN2O2. The Morgan fingerprint density at radius 3 is 2.52 bits per heavy atom. The van der Waals surface area contributed by atoms with E-state index < -0.39 is 0 Å². The number of aryl methyl sites for hydroxylation is 1. The van der Waals surface area contributed by atoms with E-state index in [1.165, 1.54) is 0 Å². The van der Waals surface area contributed by atoms with Crippen LogP contribution in [0.5, 0.6) is 11.5 Å². The molecular weight excluding hydrogens is 332 g/mol. The van der Waals surface area contributed by atoms with Gasteiger partial charge < -0.3 is 15.2 Å². The third-order valence-electron chi connectivity index (χ3n) is 3.09. The highest BCUT2D eigenvalue weighted by molar-refractivity contribution is 9.10. The van der Waals surface area contributed by atoms with Crippen LogP contribution in [-0.4, -0.2) is 12.9 Å². The Kier molecular flexibility index (Phi) is 4.85. The molecule has 5 heteroatoms. The quantitative estimate of drug-likeness (QED) is 0.640. The van der Waals surface area contributed by atoms with E-state index in [2.05, 4.69) is 15.9 Å². The maximum absolute atomic E-state index is 7.58. The predicted molar refractivity (Wildman–Crippen MR) is 87.2 cm³/mol. The summed E-state index contributed by atoms with van der Waals surface area (Å²) in [4.78, 5) is 0. The van der Waals surface area contributed by atoms with Crippen LogP contribution in [0.2, 0.25) is 0 Å². The van der Waals surface area contributed by atoms with Crippen LogP contribution in [0.1, 0.15) is 16.7 Å². The van der Waals surface area contributed by atoms with Crippen LogP contribution in [0.4, 0.5) is 0 Å². The maximum Gasteiger partial charge on any atom is 0.129 e. The van der Waals surface area contributed by atoms with Crippen LogP contribution in [0.15, 0.2) is 40.9 Å². The summed E-state index contributed by atoms with van der Waals surface area (Å²) in [6, 6.07) is 11.4. The van der Waals surface area contributed by atoms with Gasteiger partial charge in [-0.2, -0.15) is 0 Å². The first-order chi connectivity index (χ1) is 10.0. The third kappa shape index (κ3) is 3.76. The first-order valence-electron chi connectivity index (χ1n) is 6.41. The van der Waals surface area contributed by atoms with Crippen molar-refractivity contribution in [3.63, 3.8) is 0 Å². The summed E-state index contributed by atoms with van der Waals surface area (Å²) in [5.41, 5.74) is 8.13. The second-order valence-electron chi connectivity index (χ2n) is 4.65. The van der Waals surface area contributed by atoms with Gasteiger partial charge in [-0.1, -0.05) is 22.0 Å². The number of hydrogen-bond donors (Lipinski definition) is 2. The fraction of sp³-hybridized carbons (Fsp3) is 0.188. The molecule has 0 unspecified atom stereocenters. The van der Waals surface area contributed by atoms with Crippen molar-refractivity contribution in [2.75, 3.05) is 7.11 Å². The zero-order chi connectivity index (χ0) is 15.4. The topological polar surface area (TPSA) is 68.3 Å². The molecule has 2 aromatic rings. The van der Waals surface area contributed by atoms with E-state index >= 15 is 0 Å². The number of halogens is 1. The Labute approximate surface area is 132 Å². The van der Waals surface area contributed by atoms with E-state index in [4.69, 9.17) is 20.6 Å². The Morgan fingerprint density at radius 2 is 1.90 bits per heavy atom. The van der Waals surface area contributed by atoms with E-state index in [9.17, 15) is 0 Å². The average Bonchev–Trinajstić information content (AvgIpc) is 2.46. The van der Waals surface area contributed by atoms with Crippen LogP contribution < -0.4 is 15.2 Å². The lowest BCUT2D eigenvalue weighted by atomic mass is 10.1. The zero-order valence-corrected chi connectivity index (χ0v) is 13.5. The average molecular weight is 349 g/mol. The summed E-state index contributed by atoms with van der Waals surface area (Å²) in [6.45, 7) is 2.40. The Hall–Kier alpha value is -2.01. The van der Waals surface area contributed by atoms with Crippen molar-refractivity contribution in [3.8, 4) is 11.5 Å². The van der Waals surface area contributed by atoms with Gasteiger partial charge in [0.25, 0.3) is 0 Å². The molecule has 21 heavy (non-hydrogen) atoms. The maximum atomic E-state index is 7.58. The van der Waals surface area contributed by atoms with Crippen LogP contribution in [0.3, 0.4) is 0 Å². The van der Waals surface area contributed by atoms with Crippen molar-refractivity contribution < 1.29 is 9.47 Å². The third-order valence-corrected chi connectivity index (χ3v) is 3.58. The first kappa shape index (κ1) is 15.4. The van der Waals surface area contributed by atoms with Gasteiger partial charge in [0.1, 0.15) is 23.9 Å². The van der Waals surface area contributed by atoms with Crippen LogP contribution in [0.25, 0.3) is 0 Å². The number of hydrogen-bond acceptors (Lipinski definition) is 3. The van der Waals surface area contributed by atoms with Gasteiger partial charge in [-0.05, 0) is 48.4 Å². The first-order valence-corrected chi connectivity index (χ1v) is 7.21. The number of rotatable bonds is 5. The molecule has 110 valence electrons. The van der Waals surface area contributed by atoms with Crippen molar-refractivity contribution >= 4 is 21.8 Å². The number of amidine groups is 1. The van der Waals surface area contributed by atoms with Gasteiger partial charge in [0.2, 0.25) is 0 Å². The highest BCUT2D eigenvalue weighted by atomic mass is 79.9. The van der Waals surface area contributed by atoms with Gasteiger partial charge in [-0.15, -0.1) is 0 Å². The highest BCUT2D eigenvalue weighted by Crippen LogP contribution is 2.24. The zero-order valence-electron chi connectivity index (χ0n) is 11.9. The van der Waals surface area contributed by atoms with E-state index in [1.807, 2.05) is 37.3 Å². The molecule has 0 saturated heterocycles. The molecule has 2 rings (SSSR count). The predicted octanol–water partition coefficient (Wildman–Crippen LogP) is 3.63. The molecule has 4 nitrogen and oxygen atoms in total. The molecule has 0 aliphatic rings. The largest absolute Gasteiger partial charge is 0.496 e. The van der Waals surface area contributed by atoms with Gasteiger partial charge >= 0.3 is 0 Å². The molecule has 0 amide bonds. The lowest BCUT2D eigenvalue weighted by molar-refractivity contribution is 0.304. The lowest BCUT2D eigenvalue weighted by Crippen LogP contribution is -2.13. The number of nitrogen functional groups attached to an aromatic ring is 1. The standard InChI is InChI=1S/C16H17BrN2O2/c1-10-7-12(17)4-6-14(10)21-9-11-3-5-15(20-2)13(8-11)16(18)19/h3-8H,9H2,1-2H3,(H3,18,19). The Balaban J connectivity index is 2.16. The molecule has 0 radical (unpaired) electrons. The fourth-order valence-corrected chi connectivity index (χ4v) is 2.47. The SMILES string of the molecule is COc1ccc(COc2ccc(Br)cc2C)cc1C(=N)N.